The normalized spacial score (nSPS) is 14.2. The van der Waals surface area contributed by atoms with E-state index >= 15 is 0 Å². The van der Waals surface area contributed by atoms with Crippen molar-refractivity contribution in [3.05, 3.63) is 24.2 Å². The predicted octanol–water partition coefficient (Wildman–Crippen LogP) is 0.759. The molecule has 2 N–H and O–H groups in total. The zero-order chi connectivity index (χ0) is 12.1. The van der Waals surface area contributed by atoms with Gasteiger partial charge in [0.05, 0.1) is 18.8 Å². The molecule has 0 fully saturated rings. The first kappa shape index (κ1) is 12.6. The topological polar surface area (TPSA) is 58.0 Å². The van der Waals surface area contributed by atoms with Crippen molar-refractivity contribution in [2.24, 2.45) is 10.7 Å². The van der Waals surface area contributed by atoms with Gasteiger partial charge in [0.15, 0.2) is 5.96 Å². The van der Waals surface area contributed by atoms with Gasteiger partial charge >= 0.3 is 0 Å². The van der Waals surface area contributed by atoms with Crippen molar-refractivity contribution >= 4 is 5.96 Å². The van der Waals surface area contributed by atoms with E-state index < -0.39 is 0 Å². The Morgan fingerprint density at radius 3 is 2.56 bits per heavy atom. The molecule has 0 spiro atoms. The highest BCUT2D eigenvalue weighted by Crippen LogP contribution is 2.18. The molecule has 0 saturated carbocycles. The second kappa shape index (κ2) is 5.55. The Labute approximate surface area is 96.5 Å². The predicted molar refractivity (Wildman–Crippen MR) is 65.3 cm³/mol. The van der Waals surface area contributed by atoms with Crippen LogP contribution >= 0.6 is 0 Å². The van der Waals surface area contributed by atoms with Crippen LogP contribution in [0.25, 0.3) is 0 Å². The molecule has 0 amide bonds. The average Bonchev–Trinajstić information content (AvgIpc) is 2.70. The number of rotatable bonds is 4. The fourth-order valence-corrected chi connectivity index (χ4v) is 1.31. The molecule has 0 saturated heterocycles. The van der Waals surface area contributed by atoms with E-state index in [0.717, 1.165) is 5.76 Å². The molecule has 16 heavy (non-hydrogen) atoms. The van der Waals surface area contributed by atoms with E-state index in [9.17, 15) is 0 Å². The van der Waals surface area contributed by atoms with Gasteiger partial charge in [0.25, 0.3) is 0 Å². The third-order valence-electron chi connectivity index (χ3n) is 2.38. The number of aliphatic imine (C=N–C) groups is 1. The monoisotopic (exact) mass is 224 g/mol. The fraction of sp³-hybridized carbons (Fsp3) is 0.545. The van der Waals surface area contributed by atoms with Crippen LogP contribution in [0, 0.1) is 0 Å². The Morgan fingerprint density at radius 1 is 1.44 bits per heavy atom. The second-order valence-corrected chi connectivity index (χ2v) is 4.09. The van der Waals surface area contributed by atoms with Gasteiger partial charge in [-0.15, -0.1) is 0 Å². The van der Waals surface area contributed by atoms with Gasteiger partial charge in [-0.2, -0.15) is 0 Å². The fourth-order valence-electron chi connectivity index (χ4n) is 1.31. The summed E-state index contributed by atoms with van der Waals surface area (Å²) in [6, 6.07) is 3.95. The van der Waals surface area contributed by atoms with E-state index in [0.29, 0.717) is 12.5 Å². The number of likely N-dealkylation sites (N-methyl/N-ethyl adjacent to an activating group) is 1. The van der Waals surface area contributed by atoms with Gasteiger partial charge in [0.2, 0.25) is 0 Å². The Bertz CT molecular complexity index is 330. The summed E-state index contributed by atoms with van der Waals surface area (Å²) in [6.45, 7) is 0.588. The van der Waals surface area contributed by atoms with Crippen molar-refractivity contribution in [3.63, 3.8) is 0 Å². The number of hydrogen-bond donors (Lipinski definition) is 1. The lowest BCUT2D eigenvalue weighted by atomic mass is 10.2. The lowest BCUT2D eigenvalue weighted by Gasteiger charge is -2.21. The Hall–Kier alpha value is -1.49. The van der Waals surface area contributed by atoms with Crippen LogP contribution in [-0.4, -0.2) is 50.5 Å². The SMILES string of the molecule is CN(C)C(N)=NCC(c1ccco1)N(C)C. The van der Waals surface area contributed by atoms with Gasteiger partial charge in [0.1, 0.15) is 5.76 Å². The molecule has 0 bridgehead atoms. The average molecular weight is 224 g/mol. The molecule has 0 aromatic carbocycles. The third-order valence-corrected chi connectivity index (χ3v) is 2.38. The maximum Gasteiger partial charge on any atom is 0.190 e. The summed E-state index contributed by atoms with van der Waals surface area (Å²) in [6.07, 6.45) is 1.67. The van der Waals surface area contributed by atoms with E-state index in [1.54, 1.807) is 11.2 Å². The van der Waals surface area contributed by atoms with Gasteiger partial charge in [-0.05, 0) is 26.2 Å². The molecule has 0 radical (unpaired) electrons. The number of furan rings is 1. The molecular formula is C11H20N4O. The van der Waals surface area contributed by atoms with Crippen molar-refractivity contribution < 1.29 is 4.42 Å². The van der Waals surface area contributed by atoms with Crippen LogP contribution in [0.15, 0.2) is 27.8 Å². The van der Waals surface area contributed by atoms with Crippen molar-refractivity contribution in [1.29, 1.82) is 0 Å². The summed E-state index contributed by atoms with van der Waals surface area (Å²) >= 11 is 0. The highest BCUT2D eigenvalue weighted by molar-refractivity contribution is 5.77. The molecule has 1 heterocycles. The molecule has 5 heteroatoms. The Balaban J connectivity index is 2.71. The summed E-state index contributed by atoms with van der Waals surface area (Å²) < 4.78 is 5.38. The van der Waals surface area contributed by atoms with Gasteiger partial charge in [-0.3, -0.25) is 9.89 Å². The summed E-state index contributed by atoms with van der Waals surface area (Å²) in [5, 5.41) is 0. The Kier molecular flexibility index (Phi) is 4.37. The molecule has 1 aromatic rings. The number of hydrogen-bond acceptors (Lipinski definition) is 3. The number of nitrogens with two attached hydrogens (primary N) is 1. The standard InChI is InChI=1S/C11H20N4O/c1-14(2)9(10-6-5-7-16-10)8-13-11(12)15(3)4/h5-7,9H,8H2,1-4H3,(H2,12,13). The molecule has 0 aliphatic carbocycles. The van der Waals surface area contributed by atoms with Crippen molar-refractivity contribution in [2.75, 3.05) is 34.7 Å². The van der Waals surface area contributed by atoms with Gasteiger partial charge in [-0.1, -0.05) is 0 Å². The van der Waals surface area contributed by atoms with Crippen LogP contribution in [0.1, 0.15) is 11.8 Å². The molecule has 0 aliphatic rings. The number of guanidine groups is 1. The minimum Gasteiger partial charge on any atom is -0.468 e. The van der Waals surface area contributed by atoms with E-state index in [1.807, 2.05) is 40.3 Å². The first-order chi connectivity index (χ1) is 7.52. The van der Waals surface area contributed by atoms with Crippen LogP contribution in [0.3, 0.4) is 0 Å². The first-order valence-corrected chi connectivity index (χ1v) is 5.19. The molecular weight excluding hydrogens is 204 g/mol. The van der Waals surface area contributed by atoms with Crippen molar-refractivity contribution in [2.45, 2.75) is 6.04 Å². The van der Waals surface area contributed by atoms with Gasteiger partial charge in [0, 0.05) is 14.1 Å². The third kappa shape index (κ3) is 3.27. The van der Waals surface area contributed by atoms with E-state index in [4.69, 9.17) is 10.2 Å². The van der Waals surface area contributed by atoms with E-state index in [2.05, 4.69) is 9.89 Å². The molecule has 0 aliphatic heterocycles. The minimum absolute atomic E-state index is 0.119. The zero-order valence-electron chi connectivity index (χ0n) is 10.3. The lowest BCUT2D eigenvalue weighted by Crippen LogP contribution is -2.32. The maximum absolute atomic E-state index is 5.75. The lowest BCUT2D eigenvalue weighted by molar-refractivity contribution is 0.264. The van der Waals surface area contributed by atoms with Gasteiger partial charge in [-0.25, -0.2) is 0 Å². The van der Waals surface area contributed by atoms with Gasteiger partial charge < -0.3 is 15.1 Å². The largest absolute Gasteiger partial charge is 0.468 e. The summed E-state index contributed by atoms with van der Waals surface area (Å²) in [5.74, 6) is 1.43. The maximum atomic E-state index is 5.75. The van der Waals surface area contributed by atoms with E-state index in [1.165, 1.54) is 0 Å². The Morgan fingerprint density at radius 2 is 2.12 bits per heavy atom. The summed E-state index contributed by atoms with van der Waals surface area (Å²) in [4.78, 5) is 8.17. The van der Waals surface area contributed by atoms with Crippen molar-refractivity contribution in [1.82, 2.24) is 9.80 Å². The molecule has 1 rings (SSSR count). The molecule has 5 nitrogen and oxygen atoms in total. The van der Waals surface area contributed by atoms with Crippen LogP contribution in [0.4, 0.5) is 0 Å². The molecule has 1 unspecified atom stereocenters. The molecule has 90 valence electrons. The highest BCUT2D eigenvalue weighted by atomic mass is 16.3. The summed E-state index contributed by atoms with van der Waals surface area (Å²) in [5.41, 5.74) is 5.75. The van der Waals surface area contributed by atoms with Crippen molar-refractivity contribution in [3.8, 4) is 0 Å². The zero-order valence-corrected chi connectivity index (χ0v) is 10.3. The van der Waals surface area contributed by atoms with Crippen LogP contribution in [0.2, 0.25) is 0 Å². The number of nitrogens with zero attached hydrogens (tertiary/aromatic N) is 3. The quantitative estimate of drug-likeness (QED) is 0.606. The minimum atomic E-state index is 0.119. The van der Waals surface area contributed by atoms with Crippen LogP contribution in [0.5, 0.6) is 0 Å². The van der Waals surface area contributed by atoms with Crippen LogP contribution in [-0.2, 0) is 0 Å². The smallest absolute Gasteiger partial charge is 0.190 e. The second-order valence-electron chi connectivity index (χ2n) is 4.09. The van der Waals surface area contributed by atoms with Crippen LogP contribution < -0.4 is 5.73 Å². The van der Waals surface area contributed by atoms with E-state index in [-0.39, 0.29) is 6.04 Å². The molecule has 1 atom stereocenters. The first-order valence-electron chi connectivity index (χ1n) is 5.19. The highest BCUT2D eigenvalue weighted by Gasteiger charge is 2.16. The summed E-state index contributed by atoms with van der Waals surface area (Å²) in [7, 11) is 7.73. The molecule has 1 aromatic heterocycles.